The summed E-state index contributed by atoms with van der Waals surface area (Å²) >= 11 is 1.79. The molecule has 0 unspecified atom stereocenters. The molecule has 0 fully saturated rings. The van der Waals surface area contributed by atoms with Crippen LogP contribution in [0, 0.1) is 0 Å². The highest BCUT2D eigenvalue weighted by atomic mass is 32.1. The molecule has 1 N–H and O–H groups in total. The fraction of sp³-hybridized carbons (Fsp3) is 0.214. The van der Waals surface area contributed by atoms with E-state index in [1.807, 2.05) is 18.2 Å². The van der Waals surface area contributed by atoms with Crippen molar-refractivity contribution in [1.29, 1.82) is 0 Å². The molecule has 2 aromatic heterocycles. The van der Waals surface area contributed by atoms with Crippen LogP contribution in [-0.4, -0.2) is 17.1 Å². The van der Waals surface area contributed by atoms with E-state index in [4.69, 9.17) is 4.74 Å². The molecule has 18 heavy (non-hydrogen) atoms. The van der Waals surface area contributed by atoms with Crippen molar-refractivity contribution in [3.8, 4) is 16.5 Å². The zero-order valence-electron chi connectivity index (χ0n) is 10.4. The summed E-state index contributed by atoms with van der Waals surface area (Å²) in [5.41, 5.74) is 1.98. The molecule has 92 valence electrons. The monoisotopic (exact) mass is 258 g/mol. The van der Waals surface area contributed by atoms with Crippen LogP contribution < -0.4 is 4.74 Å². The summed E-state index contributed by atoms with van der Waals surface area (Å²) in [7, 11) is 1.67. The first-order valence-electron chi connectivity index (χ1n) is 5.93. The molecule has 0 saturated carbocycles. The summed E-state index contributed by atoms with van der Waals surface area (Å²) in [6, 6.07) is 10.2. The maximum atomic E-state index is 5.21. The maximum absolute atomic E-state index is 5.21. The Hall–Kier alpha value is -1.81. The molecule has 0 amide bonds. The first kappa shape index (κ1) is 11.3. The van der Waals surface area contributed by atoms with Crippen LogP contribution in [0.1, 0.15) is 11.8 Å². The topological polar surface area (TPSA) is 37.9 Å². The molecule has 0 aliphatic rings. The van der Waals surface area contributed by atoms with Crippen LogP contribution in [0.4, 0.5) is 0 Å². The van der Waals surface area contributed by atoms with Crippen LogP contribution in [0.3, 0.4) is 0 Å². The Labute approximate surface area is 109 Å². The van der Waals surface area contributed by atoms with Crippen LogP contribution in [-0.2, 0) is 6.42 Å². The Balaban J connectivity index is 2.07. The van der Waals surface area contributed by atoms with Gasteiger partial charge in [-0.2, -0.15) is 0 Å². The number of fused-ring (bicyclic) bond motifs is 1. The number of ether oxygens (including phenoxy) is 1. The highest BCUT2D eigenvalue weighted by Gasteiger charge is 2.08. The number of hydrogen-bond acceptors (Lipinski definition) is 3. The van der Waals surface area contributed by atoms with Crippen molar-refractivity contribution in [3.63, 3.8) is 0 Å². The van der Waals surface area contributed by atoms with E-state index in [2.05, 4.69) is 29.0 Å². The molecule has 0 aliphatic carbocycles. The fourth-order valence-electron chi connectivity index (χ4n) is 1.93. The van der Waals surface area contributed by atoms with Gasteiger partial charge in [-0.1, -0.05) is 6.92 Å². The lowest BCUT2D eigenvalue weighted by atomic mass is 10.3. The van der Waals surface area contributed by atoms with Crippen molar-refractivity contribution >= 4 is 22.4 Å². The number of rotatable bonds is 3. The van der Waals surface area contributed by atoms with Crippen LogP contribution >= 0.6 is 11.3 Å². The third-order valence-corrected chi connectivity index (χ3v) is 4.17. The number of H-pyrrole nitrogens is 1. The average Bonchev–Trinajstić information content (AvgIpc) is 3.03. The summed E-state index contributed by atoms with van der Waals surface area (Å²) in [5.74, 6) is 1.78. The van der Waals surface area contributed by atoms with Gasteiger partial charge >= 0.3 is 0 Å². The molecular formula is C14H14N2OS. The second-order valence-electron chi connectivity index (χ2n) is 4.09. The number of methoxy groups -OCH3 is 1. The van der Waals surface area contributed by atoms with Gasteiger partial charge in [0.2, 0.25) is 0 Å². The van der Waals surface area contributed by atoms with E-state index < -0.39 is 0 Å². The van der Waals surface area contributed by atoms with E-state index in [1.165, 1.54) is 9.75 Å². The van der Waals surface area contributed by atoms with Crippen LogP contribution in [0.5, 0.6) is 5.75 Å². The van der Waals surface area contributed by atoms with Gasteiger partial charge in [-0.3, -0.25) is 0 Å². The molecule has 4 heteroatoms. The number of aryl methyl sites for hydroxylation is 1. The summed E-state index contributed by atoms with van der Waals surface area (Å²) in [6.07, 6.45) is 1.07. The van der Waals surface area contributed by atoms with E-state index in [-0.39, 0.29) is 0 Å². The summed E-state index contributed by atoms with van der Waals surface area (Å²) in [5, 5.41) is 0. The molecule has 0 atom stereocenters. The summed E-state index contributed by atoms with van der Waals surface area (Å²) in [6.45, 7) is 2.17. The first-order chi connectivity index (χ1) is 8.80. The van der Waals surface area contributed by atoms with E-state index in [0.717, 1.165) is 29.0 Å². The Morgan fingerprint density at radius 3 is 2.89 bits per heavy atom. The lowest BCUT2D eigenvalue weighted by molar-refractivity contribution is 0.415. The third kappa shape index (κ3) is 1.88. The first-order valence-corrected chi connectivity index (χ1v) is 6.74. The molecule has 2 heterocycles. The zero-order valence-corrected chi connectivity index (χ0v) is 11.2. The minimum Gasteiger partial charge on any atom is -0.497 e. The molecule has 3 aromatic rings. The number of hydrogen-bond donors (Lipinski definition) is 1. The lowest BCUT2D eigenvalue weighted by Crippen LogP contribution is -1.81. The standard InChI is InChI=1S/C14H14N2OS/c1-3-10-5-7-13(18-10)14-15-11-6-4-9(17-2)8-12(11)16-14/h4-8H,3H2,1-2H3,(H,15,16). The fourth-order valence-corrected chi connectivity index (χ4v) is 2.82. The van der Waals surface area contributed by atoms with Gasteiger partial charge in [0, 0.05) is 10.9 Å². The Morgan fingerprint density at radius 2 is 2.17 bits per heavy atom. The second kappa shape index (κ2) is 4.46. The summed E-state index contributed by atoms with van der Waals surface area (Å²) < 4.78 is 5.21. The average molecular weight is 258 g/mol. The van der Waals surface area contributed by atoms with Crippen molar-refractivity contribution in [1.82, 2.24) is 9.97 Å². The van der Waals surface area contributed by atoms with E-state index >= 15 is 0 Å². The van der Waals surface area contributed by atoms with Crippen LogP contribution in [0.15, 0.2) is 30.3 Å². The van der Waals surface area contributed by atoms with Crippen LogP contribution in [0.25, 0.3) is 21.7 Å². The SMILES string of the molecule is CCc1ccc(-c2nc3ccc(OC)cc3[nH]2)s1. The van der Waals surface area contributed by atoms with Gasteiger partial charge in [0.05, 0.1) is 23.0 Å². The van der Waals surface area contributed by atoms with Crippen molar-refractivity contribution in [2.75, 3.05) is 7.11 Å². The van der Waals surface area contributed by atoms with Gasteiger partial charge in [-0.25, -0.2) is 4.98 Å². The number of aromatic amines is 1. The number of imidazole rings is 1. The number of nitrogens with zero attached hydrogens (tertiary/aromatic N) is 1. The Kier molecular flexibility index (Phi) is 2.80. The normalized spacial score (nSPS) is 11.0. The molecular weight excluding hydrogens is 244 g/mol. The van der Waals surface area contributed by atoms with Crippen LogP contribution in [0.2, 0.25) is 0 Å². The highest BCUT2D eigenvalue weighted by Crippen LogP contribution is 2.29. The van der Waals surface area contributed by atoms with Crippen molar-refractivity contribution in [3.05, 3.63) is 35.2 Å². The third-order valence-electron chi connectivity index (χ3n) is 2.93. The highest BCUT2D eigenvalue weighted by molar-refractivity contribution is 7.15. The van der Waals surface area contributed by atoms with E-state index in [1.54, 1.807) is 18.4 Å². The van der Waals surface area contributed by atoms with Crippen molar-refractivity contribution in [2.24, 2.45) is 0 Å². The molecule has 0 saturated heterocycles. The van der Waals surface area contributed by atoms with Gasteiger partial charge in [-0.15, -0.1) is 11.3 Å². The molecule has 3 nitrogen and oxygen atoms in total. The van der Waals surface area contributed by atoms with Gasteiger partial charge in [0.1, 0.15) is 11.6 Å². The van der Waals surface area contributed by atoms with Gasteiger partial charge < -0.3 is 9.72 Å². The van der Waals surface area contributed by atoms with Gasteiger partial charge in [-0.05, 0) is 30.7 Å². The molecule has 3 rings (SSSR count). The van der Waals surface area contributed by atoms with Crippen molar-refractivity contribution < 1.29 is 4.74 Å². The second-order valence-corrected chi connectivity index (χ2v) is 5.26. The molecule has 0 bridgehead atoms. The maximum Gasteiger partial charge on any atom is 0.148 e. The predicted octanol–water partition coefficient (Wildman–Crippen LogP) is 3.86. The van der Waals surface area contributed by atoms with Gasteiger partial charge in [0.25, 0.3) is 0 Å². The molecule has 0 spiro atoms. The van der Waals surface area contributed by atoms with E-state index in [9.17, 15) is 0 Å². The smallest absolute Gasteiger partial charge is 0.148 e. The lowest BCUT2D eigenvalue weighted by Gasteiger charge is -1.96. The molecule has 1 aromatic carbocycles. The number of aromatic nitrogens is 2. The quantitative estimate of drug-likeness (QED) is 0.774. The molecule has 0 radical (unpaired) electrons. The van der Waals surface area contributed by atoms with Crippen molar-refractivity contribution in [2.45, 2.75) is 13.3 Å². The minimum atomic E-state index is 0.845. The molecule has 0 aliphatic heterocycles. The largest absolute Gasteiger partial charge is 0.497 e. The number of benzene rings is 1. The predicted molar refractivity (Wildman–Crippen MR) is 75.3 cm³/mol. The number of nitrogens with one attached hydrogen (secondary N) is 1. The Bertz CT molecular complexity index is 684. The van der Waals surface area contributed by atoms with Gasteiger partial charge in [0.15, 0.2) is 0 Å². The number of thiophene rings is 1. The Morgan fingerprint density at radius 1 is 1.28 bits per heavy atom. The van der Waals surface area contributed by atoms with E-state index in [0.29, 0.717) is 0 Å². The summed E-state index contributed by atoms with van der Waals surface area (Å²) in [4.78, 5) is 10.5. The zero-order chi connectivity index (χ0) is 12.5. The minimum absolute atomic E-state index is 0.845.